The molecule has 19 heavy (non-hydrogen) atoms. The van der Waals surface area contributed by atoms with Crippen molar-refractivity contribution in [2.75, 3.05) is 13.1 Å². The lowest BCUT2D eigenvalue weighted by Gasteiger charge is -2.26. The zero-order valence-corrected chi connectivity index (χ0v) is 14.3. The average molecular weight is 348 g/mol. The van der Waals surface area contributed by atoms with Crippen LogP contribution in [0.15, 0.2) is 33.6 Å². The monoisotopic (exact) mass is 347 g/mol. The summed E-state index contributed by atoms with van der Waals surface area (Å²) in [5.41, 5.74) is 0. The number of benzene rings is 1. The van der Waals surface area contributed by atoms with Crippen LogP contribution in [0, 0.1) is 11.8 Å². The molecule has 0 spiro atoms. The first-order valence-corrected chi connectivity index (χ1v) is 8.73. The highest BCUT2D eigenvalue weighted by molar-refractivity contribution is 9.10. The molecule has 0 radical (unpaired) electrons. The third-order valence-electron chi connectivity index (χ3n) is 2.59. The Balaban J connectivity index is 3.16. The summed E-state index contributed by atoms with van der Waals surface area (Å²) >= 11 is 3.33. The molecule has 0 unspecified atom stereocenters. The summed E-state index contributed by atoms with van der Waals surface area (Å²) in [6, 6.07) is 6.97. The molecule has 0 saturated heterocycles. The van der Waals surface area contributed by atoms with Gasteiger partial charge in [0.2, 0.25) is 10.0 Å². The van der Waals surface area contributed by atoms with Gasteiger partial charge in [-0.1, -0.05) is 39.8 Å². The Kier molecular flexibility index (Phi) is 6.02. The Hall–Kier alpha value is -0.390. The molecule has 1 aromatic rings. The summed E-state index contributed by atoms with van der Waals surface area (Å²) in [5.74, 6) is 0.604. The fourth-order valence-electron chi connectivity index (χ4n) is 1.88. The first-order valence-electron chi connectivity index (χ1n) is 6.49. The predicted octanol–water partition coefficient (Wildman–Crippen LogP) is 3.75. The largest absolute Gasteiger partial charge is 0.244 e. The van der Waals surface area contributed by atoms with Crippen LogP contribution in [0.3, 0.4) is 0 Å². The van der Waals surface area contributed by atoms with Gasteiger partial charge in [-0.15, -0.1) is 0 Å². The van der Waals surface area contributed by atoms with Crippen LogP contribution in [0.5, 0.6) is 0 Å². The SMILES string of the molecule is CC(C)CN(CC(C)C)S(=O)(=O)c1ccccc1Br. The maximum Gasteiger partial charge on any atom is 0.244 e. The van der Waals surface area contributed by atoms with Gasteiger partial charge in [-0.2, -0.15) is 4.31 Å². The summed E-state index contributed by atoms with van der Waals surface area (Å²) in [7, 11) is -3.44. The Morgan fingerprint density at radius 2 is 1.53 bits per heavy atom. The van der Waals surface area contributed by atoms with Crippen molar-refractivity contribution in [2.45, 2.75) is 32.6 Å². The molecule has 5 heteroatoms. The maximum absolute atomic E-state index is 12.7. The van der Waals surface area contributed by atoms with E-state index in [-0.39, 0.29) is 0 Å². The quantitative estimate of drug-likeness (QED) is 0.785. The highest BCUT2D eigenvalue weighted by atomic mass is 79.9. The van der Waals surface area contributed by atoms with Crippen LogP contribution < -0.4 is 0 Å². The molecule has 0 aliphatic carbocycles. The van der Waals surface area contributed by atoms with E-state index in [0.29, 0.717) is 34.3 Å². The summed E-state index contributed by atoms with van der Waals surface area (Å²) in [5, 5.41) is 0. The minimum absolute atomic E-state index is 0.302. The van der Waals surface area contributed by atoms with Gasteiger partial charge in [0.25, 0.3) is 0 Å². The topological polar surface area (TPSA) is 37.4 Å². The second kappa shape index (κ2) is 6.86. The lowest BCUT2D eigenvalue weighted by Crippen LogP contribution is -2.37. The number of hydrogen-bond donors (Lipinski definition) is 0. The number of sulfonamides is 1. The summed E-state index contributed by atoms with van der Waals surface area (Å²) in [4.78, 5) is 0.344. The molecule has 0 N–H and O–H groups in total. The summed E-state index contributed by atoms with van der Waals surface area (Å²) in [6.45, 7) is 9.21. The van der Waals surface area contributed by atoms with Crippen LogP contribution >= 0.6 is 15.9 Å². The van der Waals surface area contributed by atoms with Crippen LogP contribution in [0.4, 0.5) is 0 Å². The second-order valence-corrected chi connectivity index (χ2v) is 8.30. The van der Waals surface area contributed by atoms with Crippen LogP contribution in [0.1, 0.15) is 27.7 Å². The molecule has 0 fully saturated rings. The van der Waals surface area contributed by atoms with E-state index in [9.17, 15) is 8.42 Å². The second-order valence-electron chi connectivity index (χ2n) is 5.54. The molecular weight excluding hydrogens is 326 g/mol. The molecule has 0 aliphatic rings. The predicted molar refractivity (Wildman–Crippen MR) is 82.6 cm³/mol. The third-order valence-corrected chi connectivity index (χ3v) is 5.44. The fraction of sp³-hybridized carbons (Fsp3) is 0.571. The molecule has 0 aliphatic heterocycles. The van der Waals surface area contributed by atoms with Crippen molar-refractivity contribution in [1.29, 1.82) is 0 Å². The Morgan fingerprint density at radius 3 is 1.95 bits per heavy atom. The fourth-order valence-corrected chi connectivity index (χ4v) is 4.61. The molecule has 1 aromatic carbocycles. The van der Waals surface area contributed by atoms with E-state index >= 15 is 0 Å². The Morgan fingerprint density at radius 1 is 1.05 bits per heavy atom. The van der Waals surface area contributed by atoms with Crippen molar-refractivity contribution >= 4 is 26.0 Å². The molecule has 0 amide bonds. The minimum Gasteiger partial charge on any atom is -0.207 e. The molecule has 0 bridgehead atoms. The average Bonchev–Trinajstić information content (AvgIpc) is 2.27. The van der Waals surface area contributed by atoms with Gasteiger partial charge in [0.1, 0.15) is 0 Å². The highest BCUT2D eigenvalue weighted by Crippen LogP contribution is 2.25. The standard InChI is InChI=1S/C14H22BrNO2S/c1-11(2)9-16(10-12(3)4)19(17,18)14-8-6-5-7-13(14)15/h5-8,11-12H,9-10H2,1-4H3. The zero-order chi connectivity index (χ0) is 14.6. The highest BCUT2D eigenvalue weighted by Gasteiger charge is 2.27. The van der Waals surface area contributed by atoms with Crippen LogP contribution in [-0.2, 0) is 10.0 Å². The normalized spacial score (nSPS) is 12.6. The Labute approximate surface area is 125 Å². The van der Waals surface area contributed by atoms with E-state index in [0.717, 1.165) is 0 Å². The van der Waals surface area contributed by atoms with Crippen molar-refractivity contribution in [3.8, 4) is 0 Å². The van der Waals surface area contributed by atoms with Gasteiger partial charge >= 0.3 is 0 Å². The van der Waals surface area contributed by atoms with Crippen molar-refractivity contribution in [1.82, 2.24) is 4.31 Å². The number of hydrogen-bond acceptors (Lipinski definition) is 2. The molecule has 3 nitrogen and oxygen atoms in total. The van der Waals surface area contributed by atoms with Crippen LogP contribution in [0.2, 0.25) is 0 Å². The number of rotatable bonds is 6. The molecule has 0 atom stereocenters. The van der Waals surface area contributed by atoms with Gasteiger partial charge in [0, 0.05) is 17.6 Å². The van der Waals surface area contributed by atoms with Crippen molar-refractivity contribution in [3.63, 3.8) is 0 Å². The van der Waals surface area contributed by atoms with Crippen LogP contribution in [0.25, 0.3) is 0 Å². The maximum atomic E-state index is 12.7. The van der Waals surface area contributed by atoms with E-state index in [1.165, 1.54) is 0 Å². The molecule has 108 valence electrons. The summed E-state index contributed by atoms with van der Waals surface area (Å²) < 4.78 is 27.6. The van der Waals surface area contributed by atoms with Gasteiger partial charge < -0.3 is 0 Å². The van der Waals surface area contributed by atoms with Gasteiger partial charge in [0.15, 0.2) is 0 Å². The molecule has 1 rings (SSSR count). The molecule has 0 saturated carbocycles. The third kappa shape index (κ3) is 4.58. The van der Waals surface area contributed by atoms with E-state index < -0.39 is 10.0 Å². The zero-order valence-electron chi connectivity index (χ0n) is 11.9. The first kappa shape index (κ1) is 16.7. The van der Waals surface area contributed by atoms with Gasteiger partial charge in [-0.05, 0) is 39.9 Å². The Bertz CT molecular complexity index is 502. The smallest absolute Gasteiger partial charge is 0.207 e. The van der Waals surface area contributed by atoms with E-state index in [1.807, 2.05) is 33.8 Å². The lowest BCUT2D eigenvalue weighted by molar-refractivity contribution is 0.333. The van der Waals surface area contributed by atoms with Crippen molar-refractivity contribution < 1.29 is 8.42 Å². The van der Waals surface area contributed by atoms with E-state index in [2.05, 4.69) is 15.9 Å². The van der Waals surface area contributed by atoms with Gasteiger partial charge in [-0.25, -0.2) is 8.42 Å². The first-order chi connectivity index (χ1) is 8.75. The number of halogens is 1. The lowest BCUT2D eigenvalue weighted by atomic mass is 10.2. The number of nitrogens with zero attached hydrogens (tertiary/aromatic N) is 1. The van der Waals surface area contributed by atoms with Crippen molar-refractivity contribution in [2.24, 2.45) is 11.8 Å². The molecule has 0 aromatic heterocycles. The van der Waals surface area contributed by atoms with E-state index in [1.54, 1.807) is 22.5 Å². The molecule has 0 heterocycles. The van der Waals surface area contributed by atoms with Crippen molar-refractivity contribution in [3.05, 3.63) is 28.7 Å². The van der Waals surface area contributed by atoms with Crippen LogP contribution in [-0.4, -0.2) is 25.8 Å². The summed E-state index contributed by atoms with van der Waals surface area (Å²) in [6.07, 6.45) is 0. The molecular formula is C14H22BrNO2S. The van der Waals surface area contributed by atoms with E-state index in [4.69, 9.17) is 0 Å². The van der Waals surface area contributed by atoms with Gasteiger partial charge in [0.05, 0.1) is 4.90 Å². The minimum atomic E-state index is -3.44. The van der Waals surface area contributed by atoms with Gasteiger partial charge in [-0.3, -0.25) is 0 Å².